The number of nitriles is 1. The fraction of sp³-hybridized carbons (Fsp3) is 0.417. The van der Waals surface area contributed by atoms with Crippen molar-refractivity contribution in [1.82, 2.24) is 0 Å². The van der Waals surface area contributed by atoms with E-state index in [2.05, 4.69) is 0 Å². The molecule has 0 amide bonds. The first kappa shape index (κ1) is 11.6. The molecular weight excluding hydrogens is 196 g/mol. The molecule has 0 bridgehead atoms. The van der Waals surface area contributed by atoms with Crippen molar-refractivity contribution in [2.24, 2.45) is 0 Å². The van der Waals surface area contributed by atoms with Crippen LogP contribution >= 0.6 is 0 Å². The van der Waals surface area contributed by atoms with E-state index < -0.39 is 5.92 Å². The van der Waals surface area contributed by atoms with E-state index in [1.54, 1.807) is 12.1 Å². The molecule has 1 aromatic carbocycles. The van der Waals surface area contributed by atoms with Crippen molar-refractivity contribution in [1.29, 1.82) is 5.26 Å². The smallest absolute Gasteiger partial charge is 0.191 e. The highest BCUT2D eigenvalue weighted by Crippen LogP contribution is 2.29. The number of nitrogens with zero attached hydrogens (tertiary/aromatic N) is 1. The molecule has 80 valence electrons. The van der Waals surface area contributed by atoms with Gasteiger partial charge >= 0.3 is 5.92 Å². The number of hydrogen-bond acceptors (Lipinski definition) is 1. The molecule has 0 aliphatic carbocycles. The van der Waals surface area contributed by atoms with Crippen LogP contribution in [0.2, 0.25) is 0 Å². The van der Waals surface area contributed by atoms with Gasteiger partial charge in [-0.2, -0.15) is 14.0 Å². The standard InChI is InChI=1S/C12H13F2N/c1-11(2,3)9-4-6-10(7-5-9)12(13,14)8-15/h4-7H,1-3H3. The molecule has 0 unspecified atom stereocenters. The van der Waals surface area contributed by atoms with Crippen LogP contribution in [0.5, 0.6) is 0 Å². The summed E-state index contributed by atoms with van der Waals surface area (Å²) in [6, 6.07) is 6.88. The van der Waals surface area contributed by atoms with Crippen molar-refractivity contribution in [3.63, 3.8) is 0 Å². The van der Waals surface area contributed by atoms with E-state index >= 15 is 0 Å². The average Bonchev–Trinajstić information content (AvgIpc) is 2.17. The van der Waals surface area contributed by atoms with Gasteiger partial charge in [-0.3, -0.25) is 0 Å². The second-order valence-electron chi connectivity index (χ2n) is 4.51. The molecule has 0 saturated heterocycles. The van der Waals surface area contributed by atoms with Gasteiger partial charge in [0.05, 0.1) is 0 Å². The van der Waals surface area contributed by atoms with Crippen LogP contribution in [0.1, 0.15) is 31.9 Å². The Kier molecular flexibility index (Phi) is 2.81. The van der Waals surface area contributed by atoms with Crippen LogP contribution in [0.3, 0.4) is 0 Å². The van der Waals surface area contributed by atoms with E-state index in [0.29, 0.717) is 0 Å². The van der Waals surface area contributed by atoms with Gasteiger partial charge in [0, 0.05) is 5.56 Å². The minimum atomic E-state index is -3.39. The molecule has 0 aliphatic rings. The molecule has 1 nitrogen and oxygen atoms in total. The quantitative estimate of drug-likeness (QED) is 0.693. The molecule has 3 heteroatoms. The van der Waals surface area contributed by atoms with Crippen LogP contribution < -0.4 is 0 Å². The maximum Gasteiger partial charge on any atom is 0.357 e. The summed E-state index contributed by atoms with van der Waals surface area (Å²) < 4.78 is 25.9. The lowest BCUT2D eigenvalue weighted by Crippen LogP contribution is -2.13. The molecule has 0 saturated carbocycles. The topological polar surface area (TPSA) is 23.8 Å². The van der Waals surface area contributed by atoms with Crippen LogP contribution in [-0.2, 0) is 11.3 Å². The van der Waals surface area contributed by atoms with Crippen molar-refractivity contribution in [2.75, 3.05) is 0 Å². The first-order valence-electron chi connectivity index (χ1n) is 4.67. The van der Waals surface area contributed by atoms with E-state index in [4.69, 9.17) is 5.26 Å². The Morgan fingerprint density at radius 3 is 1.73 bits per heavy atom. The summed E-state index contributed by atoms with van der Waals surface area (Å²) in [5.74, 6) is -3.39. The molecule has 0 aromatic heterocycles. The minimum absolute atomic E-state index is 0.0690. The van der Waals surface area contributed by atoms with Crippen molar-refractivity contribution in [2.45, 2.75) is 32.1 Å². The van der Waals surface area contributed by atoms with Gasteiger partial charge < -0.3 is 0 Å². The van der Waals surface area contributed by atoms with Crippen LogP contribution in [0.4, 0.5) is 8.78 Å². The zero-order valence-corrected chi connectivity index (χ0v) is 9.01. The highest BCUT2D eigenvalue weighted by Gasteiger charge is 2.31. The Labute approximate surface area is 88.3 Å². The first-order valence-corrected chi connectivity index (χ1v) is 4.67. The molecule has 1 rings (SSSR count). The van der Waals surface area contributed by atoms with Crippen LogP contribution in [0.25, 0.3) is 0 Å². The van der Waals surface area contributed by atoms with Gasteiger partial charge in [-0.15, -0.1) is 0 Å². The third-order valence-electron chi connectivity index (χ3n) is 2.25. The zero-order chi connectivity index (χ0) is 11.7. The van der Waals surface area contributed by atoms with Crippen LogP contribution in [0, 0.1) is 11.3 Å². The lowest BCUT2D eigenvalue weighted by Gasteiger charge is -2.19. The number of rotatable bonds is 1. The van der Waals surface area contributed by atoms with Gasteiger partial charge in [0.1, 0.15) is 6.07 Å². The predicted octanol–water partition coefficient (Wildman–Crippen LogP) is 3.60. The third kappa shape index (κ3) is 2.53. The predicted molar refractivity (Wildman–Crippen MR) is 54.6 cm³/mol. The van der Waals surface area contributed by atoms with E-state index in [9.17, 15) is 8.78 Å². The molecule has 0 spiro atoms. The van der Waals surface area contributed by atoms with Gasteiger partial charge in [-0.05, 0) is 11.0 Å². The lowest BCUT2D eigenvalue weighted by atomic mass is 9.86. The van der Waals surface area contributed by atoms with Crippen molar-refractivity contribution >= 4 is 0 Å². The zero-order valence-electron chi connectivity index (χ0n) is 9.01. The maximum absolute atomic E-state index is 13.0. The summed E-state index contributed by atoms with van der Waals surface area (Å²) in [5, 5.41) is 8.28. The lowest BCUT2D eigenvalue weighted by molar-refractivity contribution is 0.0612. The Hall–Kier alpha value is -1.43. The summed E-state index contributed by atoms with van der Waals surface area (Å²) in [6.45, 7) is 6.01. The van der Waals surface area contributed by atoms with Gasteiger partial charge in [-0.1, -0.05) is 45.0 Å². The molecule has 0 heterocycles. The molecule has 0 N–H and O–H groups in total. The molecule has 0 fully saturated rings. The van der Waals surface area contributed by atoms with E-state index in [0.717, 1.165) is 11.6 Å². The van der Waals surface area contributed by atoms with Gasteiger partial charge in [-0.25, -0.2) is 0 Å². The summed E-state index contributed by atoms with van der Waals surface area (Å²) in [7, 11) is 0. The number of halogens is 2. The van der Waals surface area contributed by atoms with Crippen LogP contribution in [-0.4, -0.2) is 0 Å². The molecular formula is C12H13F2N. The molecule has 15 heavy (non-hydrogen) atoms. The second kappa shape index (κ2) is 3.62. The fourth-order valence-electron chi connectivity index (χ4n) is 1.24. The Morgan fingerprint density at radius 1 is 1.00 bits per heavy atom. The second-order valence-corrected chi connectivity index (χ2v) is 4.51. The van der Waals surface area contributed by atoms with E-state index in [1.165, 1.54) is 12.1 Å². The molecule has 1 aromatic rings. The SMILES string of the molecule is CC(C)(C)c1ccc(C(F)(F)C#N)cc1. The highest BCUT2D eigenvalue weighted by molar-refractivity contribution is 5.32. The fourth-order valence-corrected chi connectivity index (χ4v) is 1.24. The number of hydrogen-bond donors (Lipinski definition) is 0. The summed E-state index contributed by atoms with van der Waals surface area (Å²) in [6.07, 6.45) is 0. The van der Waals surface area contributed by atoms with E-state index in [-0.39, 0.29) is 11.0 Å². The van der Waals surface area contributed by atoms with Gasteiger partial charge in [0.15, 0.2) is 0 Å². The number of benzene rings is 1. The average molecular weight is 209 g/mol. The van der Waals surface area contributed by atoms with E-state index in [1.807, 2.05) is 20.8 Å². The van der Waals surface area contributed by atoms with Crippen molar-refractivity contribution in [3.8, 4) is 6.07 Å². The molecule has 0 atom stereocenters. The molecule has 0 aliphatic heterocycles. The highest BCUT2D eigenvalue weighted by atomic mass is 19.3. The third-order valence-corrected chi connectivity index (χ3v) is 2.25. The Morgan fingerprint density at radius 2 is 1.40 bits per heavy atom. The normalized spacial score (nSPS) is 12.3. The Balaban J connectivity index is 3.08. The molecule has 0 radical (unpaired) electrons. The number of alkyl halides is 2. The minimum Gasteiger partial charge on any atom is -0.191 e. The Bertz CT molecular complexity index is 380. The summed E-state index contributed by atoms with van der Waals surface area (Å²) >= 11 is 0. The maximum atomic E-state index is 13.0. The van der Waals surface area contributed by atoms with Crippen molar-refractivity contribution in [3.05, 3.63) is 35.4 Å². The van der Waals surface area contributed by atoms with Crippen molar-refractivity contribution < 1.29 is 8.78 Å². The van der Waals surface area contributed by atoms with Gasteiger partial charge in [0.2, 0.25) is 0 Å². The van der Waals surface area contributed by atoms with Gasteiger partial charge in [0.25, 0.3) is 0 Å². The first-order chi connectivity index (χ1) is 6.77. The van der Waals surface area contributed by atoms with Crippen LogP contribution in [0.15, 0.2) is 24.3 Å². The summed E-state index contributed by atoms with van der Waals surface area (Å²) in [5.41, 5.74) is 0.651. The largest absolute Gasteiger partial charge is 0.357 e. The monoisotopic (exact) mass is 209 g/mol. The summed E-state index contributed by atoms with van der Waals surface area (Å²) in [4.78, 5) is 0.